The number of unbranched alkanes of at least 4 members (excludes halogenated alkanes) is 1. The summed E-state index contributed by atoms with van der Waals surface area (Å²) >= 11 is 0. The van der Waals surface area contributed by atoms with E-state index in [4.69, 9.17) is 4.74 Å². The predicted octanol–water partition coefficient (Wildman–Crippen LogP) is 3.16. The van der Waals surface area contributed by atoms with E-state index in [1.54, 1.807) is 29.9 Å². The van der Waals surface area contributed by atoms with Crippen molar-refractivity contribution in [1.82, 2.24) is 14.5 Å². The minimum Gasteiger partial charge on any atom is -0.497 e. The Kier molecular flexibility index (Phi) is 7.87. The standard InChI is InChI=1S/C25H31N3O4/c1-18(2)16-26-23(29)13-6-7-14-27-24(30)21-11-4-5-12-22(21)28(25(27)31)17-19-9-8-10-20(15-19)32-3/h4-5,8-12,15,18H,6-7,13-14,16-17H2,1-3H3,(H,26,29). The molecule has 0 radical (unpaired) electrons. The second-order valence-corrected chi connectivity index (χ2v) is 8.35. The van der Waals surface area contributed by atoms with E-state index in [1.165, 1.54) is 4.57 Å². The number of nitrogens with one attached hydrogen (secondary N) is 1. The number of fused-ring (bicyclic) bond motifs is 1. The lowest BCUT2D eigenvalue weighted by atomic mass is 10.2. The average Bonchev–Trinajstić information content (AvgIpc) is 2.80. The molecule has 7 nitrogen and oxygen atoms in total. The van der Waals surface area contributed by atoms with E-state index in [0.29, 0.717) is 54.9 Å². The van der Waals surface area contributed by atoms with Crippen molar-refractivity contribution >= 4 is 16.8 Å². The smallest absolute Gasteiger partial charge is 0.331 e. The summed E-state index contributed by atoms with van der Waals surface area (Å²) in [6.45, 7) is 5.34. The molecule has 2 aromatic carbocycles. The van der Waals surface area contributed by atoms with Gasteiger partial charge in [0, 0.05) is 19.5 Å². The van der Waals surface area contributed by atoms with Crippen molar-refractivity contribution in [1.29, 1.82) is 0 Å². The molecule has 1 amide bonds. The number of carbonyl (C=O) groups excluding carboxylic acids is 1. The third-order valence-electron chi connectivity index (χ3n) is 5.35. The van der Waals surface area contributed by atoms with Gasteiger partial charge in [-0.25, -0.2) is 4.79 Å². The molecule has 0 spiro atoms. The van der Waals surface area contributed by atoms with Crippen LogP contribution in [-0.2, 0) is 17.9 Å². The fourth-order valence-electron chi connectivity index (χ4n) is 3.64. The zero-order chi connectivity index (χ0) is 23.1. The topological polar surface area (TPSA) is 82.3 Å². The summed E-state index contributed by atoms with van der Waals surface area (Å²) in [5.41, 5.74) is 0.871. The number of hydrogen-bond acceptors (Lipinski definition) is 4. The Morgan fingerprint density at radius 3 is 2.56 bits per heavy atom. The maximum absolute atomic E-state index is 13.3. The highest BCUT2D eigenvalue weighted by Crippen LogP contribution is 2.15. The van der Waals surface area contributed by atoms with Crippen LogP contribution in [0.4, 0.5) is 0 Å². The lowest BCUT2D eigenvalue weighted by molar-refractivity contribution is -0.121. The molecule has 1 N–H and O–H groups in total. The Morgan fingerprint density at radius 2 is 1.81 bits per heavy atom. The molecule has 0 saturated carbocycles. The average molecular weight is 438 g/mol. The van der Waals surface area contributed by atoms with Crippen LogP contribution in [0.2, 0.25) is 0 Å². The van der Waals surface area contributed by atoms with Crippen LogP contribution in [0.1, 0.15) is 38.7 Å². The molecule has 0 fully saturated rings. The Bertz CT molecular complexity index is 1190. The maximum Gasteiger partial charge on any atom is 0.331 e. The number of nitrogens with zero attached hydrogens (tertiary/aromatic N) is 2. The summed E-state index contributed by atoms with van der Waals surface area (Å²) in [5, 5.41) is 3.39. The largest absolute Gasteiger partial charge is 0.497 e. The molecule has 0 aliphatic carbocycles. The number of carbonyl (C=O) groups is 1. The molecule has 1 aromatic heterocycles. The van der Waals surface area contributed by atoms with Crippen molar-refractivity contribution in [3.05, 3.63) is 74.9 Å². The number of hydrogen-bond donors (Lipinski definition) is 1. The van der Waals surface area contributed by atoms with E-state index < -0.39 is 0 Å². The highest BCUT2D eigenvalue weighted by molar-refractivity contribution is 5.78. The molecule has 0 saturated heterocycles. The van der Waals surface area contributed by atoms with Crippen molar-refractivity contribution in [3.8, 4) is 5.75 Å². The summed E-state index contributed by atoms with van der Waals surface area (Å²) in [4.78, 5) is 38.2. The quantitative estimate of drug-likeness (QED) is 0.494. The van der Waals surface area contributed by atoms with E-state index in [2.05, 4.69) is 5.32 Å². The normalized spacial score (nSPS) is 11.1. The first-order valence-electron chi connectivity index (χ1n) is 11.0. The van der Waals surface area contributed by atoms with Crippen molar-refractivity contribution in [2.45, 2.75) is 46.2 Å². The third-order valence-corrected chi connectivity index (χ3v) is 5.35. The molecule has 32 heavy (non-hydrogen) atoms. The van der Waals surface area contributed by atoms with Crippen LogP contribution in [0.15, 0.2) is 58.1 Å². The van der Waals surface area contributed by atoms with Gasteiger partial charge in [0.1, 0.15) is 5.75 Å². The van der Waals surface area contributed by atoms with E-state index in [9.17, 15) is 14.4 Å². The van der Waals surface area contributed by atoms with Gasteiger partial charge >= 0.3 is 5.69 Å². The summed E-state index contributed by atoms with van der Waals surface area (Å²) < 4.78 is 8.21. The molecular weight excluding hydrogens is 406 g/mol. The molecule has 3 aromatic rings. The van der Waals surface area contributed by atoms with Gasteiger partial charge in [-0.05, 0) is 48.6 Å². The van der Waals surface area contributed by atoms with E-state index in [0.717, 1.165) is 5.56 Å². The molecule has 7 heteroatoms. The van der Waals surface area contributed by atoms with Crippen molar-refractivity contribution < 1.29 is 9.53 Å². The van der Waals surface area contributed by atoms with Crippen molar-refractivity contribution in [3.63, 3.8) is 0 Å². The Hall–Kier alpha value is -3.35. The molecule has 0 unspecified atom stereocenters. The highest BCUT2D eigenvalue weighted by Gasteiger charge is 2.13. The molecule has 170 valence electrons. The van der Waals surface area contributed by atoms with Gasteiger partial charge in [0.2, 0.25) is 5.91 Å². The number of methoxy groups -OCH3 is 1. The molecule has 1 heterocycles. The first kappa shape index (κ1) is 23.3. The van der Waals surface area contributed by atoms with Gasteiger partial charge in [0.25, 0.3) is 5.56 Å². The van der Waals surface area contributed by atoms with E-state index in [1.807, 2.05) is 44.2 Å². The Labute approximate surface area is 187 Å². The SMILES string of the molecule is COc1cccc(Cn2c(=O)n(CCCCC(=O)NCC(C)C)c(=O)c3ccccc32)c1. The van der Waals surface area contributed by atoms with Gasteiger partial charge in [-0.1, -0.05) is 38.1 Å². The van der Waals surface area contributed by atoms with Crippen LogP contribution in [0, 0.1) is 5.92 Å². The fraction of sp³-hybridized carbons (Fsp3) is 0.400. The van der Waals surface area contributed by atoms with Crippen LogP contribution in [-0.4, -0.2) is 28.7 Å². The Morgan fingerprint density at radius 1 is 1.03 bits per heavy atom. The first-order chi connectivity index (χ1) is 15.4. The van der Waals surface area contributed by atoms with Gasteiger partial charge in [0.15, 0.2) is 0 Å². The first-order valence-corrected chi connectivity index (χ1v) is 11.0. The molecule has 0 aliphatic heterocycles. The predicted molar refractivity (Wildman–Crippen MR) is 126 cm³/mol. The molecule has 0 aliphatic rings. The van der Waals surface area contributed by atoms with Gasteiger partial charge in [-0.2, -0.15) is 0 Å². The summed E-state index contributed by atoms with van der Waals surface area (Å²) in [6, 6.07) is 14.7. The lowest BCUT2D eigenvalue weighted by Gasteiger charge is -2.15. The minimum absolute atomic E-state index is 0.00000531. The van der Waals surface area contributed by atoms with Crippen molar-refractivity contribution in [2.75, 3.05) is 13.7 Å². The van der Waals surface area contributed by atoms with Gasteiger partial charge in [0.05, 0.1) is 24.6 Å². The van der Waals surface area contributed by atoms with E-state index >= 15 is 0 Å². The monoisotopic (exact) mass is 437 g/mol. The number of aromatic nitrogens is 2. The molecule has 0 bridgehead atoms. The van der Waals surface area contributed by atoms with E-state index in [-0.39, 0.29) is 23.7 Å². The summed E-state index contributed by atoms with van der Waals surface area (Å²) in [6.07, 6.45) is 1.56. The number of para-hydroxylation sites is 1. The molecule has 0 atom stereocenters. The van der Waals surface area contributed by atoms with Crippen LogP contribution in [0.5, 0.6) is 5.75 Å². The van der Waals surface area contributed by atoms with Crippen LogP contribution < -0.4 is 21.3 Å². The summed E-state index contributed by atoms with van der Waals surface area (Å²) in [7, 11) is 1.60. The maximum atomic E-state index is 13.3. The van der Waals surface area contributed by atoms with Crippen LogP contribution >= 0.6 is 0 Å². The molecular formula is C25H31N3O4. The lowest BCUT2D eigenvalue weighted by Crippen LogP contribution is -2.40. The van der Waals surface area contributed by atoms with Gasteiger partial charge in [-0.15, -0.1) is 0 Å². The van der Waals surface area contributed by atoms with Gasteiger partial charge < -0.3 is 10.1 Å². The van der Waals surface area contributed by atoms with Gasteiger partial charge in [-0.3, -0.25) is 18.7 Å². The second-order valence-electron chi connectivity index (χ2n) is 8.35. The zero-order valence-corrected chi connectivity index (χ0v) is 19.0. The number of amides is 1. The fourth-order valence-corrected chi connectivity index (χ4v) is 3.64. The third kappa shape index (κ3) is 5.66. The minimum atomic E-state index is -0.347. The highest BCUT2D eigenvalue weighted by atomic mass is 16.5. The second kappa shape index (κ2) is 10.8. The Balaban J connectivity index is 1.83. The van der Waals surface area contributed by atoms with Crippen molar-refractivity contribution in [2.24, 2.45) is 5.92 Å². The van der Waals surface area contributed by atoms with Crippen LogP contribution in [0.25, 0.3) is 10.9 Å². The molecule has 3 rings (SSSR count). The van der Waals surface area contributed by atoms with Crippen LogP contribution in [0.3, 0.4) is 0 Å². The number of rotatable bonds is 10. The zero-order valence-electron chi connectivity index (χ0n) is 19.0. The summed E-state index contributed by atoms with van der Waals surface area (Å²) in [5.74, 6) is 1.11. The number of ether oxygens (including phenoxy) is 1. The number of benzene rings is 2.